The van der Waals surface area contributed by atoms with Crippen molar-refractivity contribution in [2.45, 2.75) is 23.5 Å². The molecule has 1 aromatic carbocycles. The van der Waals surface area contributed by atoms with Gasteiger partial charge in [-0.2, -0.15) is 0 Å². The molecule has 7 heteroatoms. The average molecular weight is 297 g/mol. The van der Waals surface area contributed by atoms with Crippen molar-refractivity contribution in [3.63, 3.8) is 0 Å². The van der Waals surface area contributed by atoms with Crippen LogP contribution < -0.4 is 0 Å². The molecule has 94 valence electrons. The number of carbonyl (C=O) groups is 1. The van der Waals surface area contributed by atoms with Gasteiger partial charge < -0.3 is 5.11 Å². The van der Waals surface area contributed by atoms with Crippen LogP contribution >= 0.6 is 23.2 Å². The lowest BCUT2D eigenvalue weighted by Gasteiger charge is -2.20. The van der Waals surface area contributed by atoms with E-state index in [0.717, 1.165) is 19.9 Å². The number of aliphatic carboxylic acids is 1. The second kappa shape index (κ2) is 4.48. The summed E-state index contributed by atoms with van der Waals surface area (Å²) in [4.78, 5) is 10.7. The third-order valence-electron chi connectivity index (χ3n) is 2.37. The van der Waals surface area contributed by atoms with Crippen LogP contribution in [0.2, 0.25) is 10.0 Å². The molecule has 0 saturated heterocycles. The van der Waals surface area contributed by atoms with Crippen molar-refractivity contribution in [3.05, 3.63) is 28.2 Å². The summed E-state index contributed by atoms with van der Waals surface area (Å²) >= 11 is 11.4. The Kier molecular flexibility index (Phi) is 3.76. The molecule has 17 heavy (non-hydrogen) atoms. The monoisotopic (exact) mass is 296 g/mol. The number of benzene rings is 1. The summed E-state index contributed by atoms with van der Waals surface area (Å²) in [7, 11) is -4.11. The van der Waals surface area contributed by atoms with E-state index >= 15 is 0 Å². The minimum absolute atomic E-state index is 0.0521. The Morgan fingerprint density at radius 3 is 2.29 bits per heavy atom. The molecular formula is C10H10Cl2O4S. The van der Waals surface area contributed by atoms with Gasteiger partial charge in [0, 0.05) is 5.02 Å². The van der Waals surface area contributed by atoms with E-state index in [-0.39, 0.29) is 14.9 Å². The Morgan fingerprint density at radius 1 is 1.29 bits per heavy atom. The lowest BCUT2D eigenvalue weighted by Crippen LogP contribution is -2.40. The molecular weight excluding hydrogens is 287 g/mol. The fourth-order valence-corrected chi connectivity index (χ4v) is 3.12. The van der Waals surface area contributed by atoms with Gasteiger partial charge in [0.15, 0.2) is 14.6 Å². The van der Waals surface area contributed by atoms with Gasteiger partial charge in [0.1, 0.15) is 0 Å². The predicted molar refractivity (Wildman–Crippen MR) is 65.4 cm³/mol. The maximum atomic E-state index is 12.1. The van der Waals surface area contributed by atoms with Crippen molar-refractivity contribution in [2.75, 3.05) is 0 Å². The Morgan fingerprint density at radius 2 is 1.82 bits per heavy atom. The highest BCUT2D eigenvalue weighted by Gasteiger charge is 2.44. The first kappa shape index (κ1) is 14.3. The van der Waals surface area contributed by atoms with Gasteiger partial charge in [-0.25, -0.2) is 8.42 Å². The molecule has 0 bridgehead atoms. The summed E-state index contributed by atoms with van der Waals surface area (Å²) in [5.41, 5.74) is 0. The summed E-state index contributed by atoms with van der Waals surface area (Å²) < 4.78 is 22.3. The Hall–Kier alpha value is -0.780. The number of hydrogen-bond acceptors (Lipinski definition) is 3. The Labute approximate surface area is 109 Å². The highest BCUT2D eigenvalue weighted by atomic mass is 35.5. The summed E-state index contributed by atoms with van der Waals surface area (Å²) in [6.45, 7) is 2.20. The predicted octanol–water partition coefficient (Wildman–Crippen LogP) is 2.63. The molecule has 0 aromatic heterocycles. The molecule has 0 spiro atoms. The van der Waals surface area contributed by atoms with E-state index in [2.05, 4.69) is 0 Å². The molecule has 1 rings (SSSR count). The van der Waals surface area contributed by atoms with Crippen LogP contribution in [0.1, 0.15) is 13.8 Å². The van der Waals surface area contributed by atoms with E-state index in [1.807, 2.05) is 0 Å². The summed E-state index contributed by atoms with van der Waals surface area (Å²) in [6.07, 6.45) is 0. The minimum atomic E-state index is -4.11. The molecule has 0 heterocycles. The molecule has 0 aliphatic carbocycles. The van der Waals surface area contributed by atoms with Gasteiger partial charge in [-0.05, 0) is 32.0 Å². The normalized spacial score (nSPS) is 12.5. The Balaban J connectivity index is 3.52. The van der Waals surface area contributed by atoms with Crippen LogP contribution in [0, 0.1) is 0 Å². The first-order valence-corrected chi connectivity index (χ1v) is 6.77. The highest BCUT2D eigenvalue weighted by molar-refractivity contribution is 7.93. The highest BCUT2D eigenvalue weighted by Crippen LogP contribution is 2.32. The van der Waals surface area contributed by atoms with Gasteiger partial charge in [-0.3, -0.25) is 4.79 Å². The van der Waals surface area contributed by atoms with E-state index in [4.69, 9.17) is 28.3 Å². The largest absolute Gasteiger partial charge is 0.480 e. The molecule has 0 saturated carbocycles. The molecule has 0 atom stereocenters. The van der Waals surface area contributed by atoms with Crippen molar-refractivity contribution in [1.82, 2.24) is 0 Å². The molecule has 4 nitrogen and oxygen atoms in total. The first-order chi connectivity index (χ1) is 7.60. The number of halogens is 2. The molecule has 0 amide bonds. The maximum Gasteiger partial charge on any atom is 0.324 e. The third kappa shape index (κ3) is 2.41. The summed E-state index contributed by atoms with van der Waals surface area (Å²) in [6, 6.07) is 3.88. The topological polar surface area (TPSA) is 71.4 Å². The van der Waals surface area contributed by atoms with Crippen LogP contribution in [0.5, 0.6) is 0 Å². The number of sulfone groups is 1. The van der Waals surface area contributed by atoms with E-state index in [0.29, 0.717) is 0 Å². The lowest BCUT2D eigenvalue weighted by atomic mass is 10.2. The molecule has 0 fully saturated rings. The van der Waals surface area contributed by atoms with E-state index in [1.165, 1.54) is 12.1 Å². The number of hydrogen-bond donors (Lipinski definition) is 1. The molecule has 0 radical (unpaired) electrons. The van der Waals surface area contributed by atoms with Crippen LogP contribution in [-0.4, -0.2) is 24.2 Å². The van der Waals surface area contributed by atoms with E-state index in [9.17, 15) is 13.2 Å². The van der Waals surface area contributed by atoms with Gasteiger partial charge >= 0.3 is 5.97 Å². The average Bonchev–Trinajstić information content (AvgIpc) is 2.21. The van der Waals surface area contributed by atoms with Crippen molar-refractivity contribution in [2.24, 2.45) is 0 Å². The fourth-order valence-electron chi connectivity index (χ4n) is 1.07. The smallest absolute Gasteiger partial charge is 0.324 e. The zero-order chi connectivity index (χ0) is 13.4. The van der Waals surface area contributed by atoms with Crippen LogP contribution in [-0.2, 0) is 14.6 Å². The van der Waals surface area contributed by atoms with Gasteiger partial charge in [-0.1, -0.05) is 23.2 Å². The number of carboxylic acid groups (broad SMARTS) is 1. The zero-order valence-electron chi connectivity index (χ0n) is 9.07. The SMILES string of the molecule is CC(C)(C(=O)O)S(=O)(=O)c1cc(Cl)ccc1Cl. The van der Waals surface area contributed by atoms with Crippen LogP contribution in [0.3, 0.4) is 0 Å². The second-order valence-electron chi connectivity index (χ2n) is 3.89. The van der Waals surface area contributed by atoms with E-state index < -0.39 is 20.6 Å². The second-order valence-corrected chi connectivity index (χ2v) is 7.20. The molecule has 0 aliphatic rings. The summed E-state index contributed by atoms with van der Waals surface area (Å²) in [5, 5.41) is 9.07. The standard InChI is InChI=1S/C10H10Cl2O4S/c1-10(2,9(13)14)17(15,16)8-5-6(11)3-4-7(8)12/h3-5H,1-2H3,(H,13,14). The van der Waals surface area contributed by atoms with Crippen LogP contribution in [0.15, 0.2) is 23.1 Å². The minimum Gasteiger partial charge on any atom is -0.480 e. The van der Waals surface area contributed by atoms with Gasteiger partial charge in [0.25, 0.3) is 0 Å². The van der Waals surface area contributed by atoms with Crippen molar-refractivity contribution in [3.8, 4) is 0 Å². The van der Waals surface area contributed by atoms with Gasteiger partial charge in [0.05, 0.1) is 9.92 Å². The van der Waals surface area contributed by atoms with E-state index in [1.54, 1.807) is 0 Å². The van der Waals surface area contributed by atoms with Crippen LogP contribution in [0.25, 0.3) is 0 Å². The van der Waals surface area contributed by atoms with Crippen molar-refractivity contribution >= 4 is 39.0 Å². The van der Waals surface area contributed by atoms with Gasteiger partial charge in [0.2, 0.25) is 0 Å². The summed E-state index contributed by atoms with van der Waals surface area (Å²) in [5.74, 6) is -1.45. The van der Waals surface area contributed by atoms with Crippen molar-refractivity contribution < 1.29 is 18.3 Å². The van der Waals surface area contributed by atoms with Gasteiger partial charge in [-0.15, -0.1) is 0 Å². The number of carboxylic acids is 1. The third-order valence-corrected chi connectivity index (χ3v) is 5.48. The van der Waals surface area contributed by atoms with Crippen molar-refractivity contribution in [1.29, 1.82) is 0 Å². The quantitative estimate of drug-likeness (QED) is 0.931. The number of rotatable bonds is 3. The molecule has 1 N–H and O–H groups in total. The molecule has 0 aliphatic heterocycles. The molecule has 0 unspecified atom stereocenters. The zero-order valence-corrected chi connectivity index (χ0v) is 11.4. The van der Waals surface area contributed by atoms with Crippen LogP contribution in [0.4, 0.5) is 0 Å². The Bertz CT molecular complexity index is 564. The lowest BCUT2D eigenvalue weighted by molar-refractivity contribution is -0.139. The fraction of sp³-hybridized carbons (Fsp3) is 0.300. The first-order valence-electron chi connectivity index (χ1n) is 4.54. The molecule has 1 aromatic rings. The maximum absolute atomic E-state index is 12.1.